The van der Waals surface area contributed by atoms with Gasteiger partial charge in [-0.05, 0) is 27.8 Å². The molecular formula is C31H46O7Si. The van der Waals surface area contributed by atoms with Gasteiger partial charge in [-0.1, -0.05) is 102 Å². The van der Waals surface area contributed by atoms with Crippen molar-refractivity contribution in [3.05, 3.63) is 71.8 Å². The van der Waals surface area contributed by atoms with Crippen molar-refractivity contribution >= 4 is 14.3 Å². The zero-order valence-electron chi connectivity index (χ0n) is 24.4. The van der Waals surface area contributed by atoms with Gasteiger partial charge in [0.2, 0.25) is 0 Å². The molecule has 5 atom stereocenters. The molecule has 1 aliphatic rings. The maximum absolute atomic E-state index is 12.0. The largest absolute Gasteiger partial charge is 0.454 e. The first-order valence-electron chi connectivity index (χ1n) is 14.0. The Morgan fingerprint density at radius 2 is 1.26 bits per heavy atom. The van der Waals surface area contributed by atoms with Crippen LogP contribution >= 0.6 is 0 Å². The lowest BCUT2D eigenvalue weighted by atomic mass is 9.98. The van der Waals surface area contributed by atoms with E-state index in [1.54, 1.807) is 0 Å². The van der Waals surface area contributed by atoms with Crippen LogP contribution in [0.15, 0.2) is 60.7 Å². The molecule has 2 aromatic carbocycles. The molecule has 7 nitrogen and oxygen atoms in total. The number of rotatable bonds is 13. The van der Waals surface area contributed by atoms with Crippen LogP contribution in [0.2, 0.25) is 16.6 Å². The lowest BCUT2D eigenvalue weighted by molar-refractivity contribution is -0.307. The molecule has 0 bridgehead atoms. The summed E-state index contributed by atoms with van der Waals surface area (Å²) in [7, 11) is -2.23. The Morgan fingerprint density at radius 3 is 1.69 bits per heavy atom. The van der Waals surface area contributed by atoms with Crippen LogP contribution in [-0.2, 0) is 41.4 Å². The van der Waals surface area contributed by atoms with E-state index in [2.05, 4.69) is 41.5 Å². The van der Waals surface area contributed by atoms with Gasteiger partial charge in [-0.2, -0.15) is 0 Å². The Kier molecular flexibility index (Phi) is 11.7. The summed E-state index contributed by atoms with van der Waals surface area (Å²) >= 11 is 0. The second kappa shape index (κ2) is 14.5. The minimum Gasteiger partial charge on any atom is -0.454 e. The van der Waals surface area contributed by atoms with E-state index in [1.807, 2.05) is 60.7 Å². The lowest BCUT2D eigenvalue weighted by Crippen LogP contribution is -2.62. The van der Waals surface area contributed by atoms with E-state index < -0.39 is 45.0 Å². The highest BCUT2D eigenvalue weighted by Gasteiger charge is 2.51. The van der Waals surface area contributed by atoms with E-state index in [-0.39, 0.29) is 13.2 Å². The molecule has 1 fully saturated rings. The number of hydrogen-bond acceptors (Lipinski definition) is 7. The van der Waals surface area contributed by atoms with E-state index >= 15 is 0 Å². The summed E-state index contributed by atoms with van der Waals surface area (Å²) in [5.41, 5.74) is 3.10. The Morgan fingerprint density at radius 1 is 0.795 bits per heavy atom. The molecule has 0 saturated carbocycles. The van der Waals surface area contributed by atoms with E-state index in [0.717, 1.165) is 11.1 Å². The average Bonchev–Trinajstić information content (AvgIpc) is 2.89. The lowest BCUT2D eigenvalue weighted by Gasteiger charge is -2.47. The summed E-state index contributed by atoms with van der Waals surface area (Å²) in [5.74, 6) is -0.529. The molecular weight excluding hydrogens is 512 g/mol. The molecule has 0 spiro atoms. The first-order valence-corrected chi connectivity index (χ1v) is 16.2. The molecule has 1 heterocycles. The van der Waals surface area contributed by atoms with Crippen LogP contribution in [0.5, 0.6) is 0 Å². The van der Waals surface area contributed by atoms with Gasteiger partial charge in [0.05, 0.1) is 19.8 Å². The van der Waals surface area contributed by atoms with Crippen LogP contribution in [0.1, 0.15) is 59.6 Å². The van der Waals surface area contributed by atoms with Gasteiger partial charge in [-0.15, -0.1) is 0 Å². The molecule has 0 amide bonds. The highest BCUT2D eigenvalue weighted by molar-refractivity contribution is 6.77. The minimum absolute atomic E-state index is 0.245. The molecule has 0 radical (unpaired) electrons. The van der Waals surface area contributed by atoms with Crippen molar-refractivity contribution in [3.63, 3.8) is 0 Å². The molecule has 1 N–H and O–H groups in total. The average molecular weight is 559 g/mol. The van der Waals surface area contributed by atoms with Gasteiger partial charge < -0.3 is 28.5 Å². The highest BCUT2D eigenvalue weighted by Crippen LogP contribution is 2.43. The van der Waals surface area contributed by atoms with Crippen LogP contribution in [0, 0.1) is 0 Å². The zero-order valence-corrected chi connectivity index (χ0v) is 25.4. The SMILES string of the molecule is CC(=O)O[C@H]1[C@@H](OCc2ccccc2)[C@H](OCc2ccccc2)[C@@H](CO[Si](C(C)C)(C(C)C)C(C)C)O[C@@H]1O. The van der Waals surface area contributed by atoms with E-state index in [4.69, 9.17) is 23.4 Å². The van der Waals surface area contributed by atoms with Crippen molar-refractivity contribution in [1.82, 2.24) is 0 Å². The molecule has 0 unspecified atom stereocenters. The maximum atomic E-state index is 12.0. The van der Waals surface area contributed by atoms with Crippen molar-refractivity contribution < 1.29 is 33.3 Å². The van der Waals surface area contributed by atoms with Gasteiger partial charge in [-0.3, -0.25) is 4.79 Å². The number of benzene rings is 2. The normalized spacial score (nSPS) is 23.9. The van der Waals surface area contributed by atoms with Crippen LogP contribution in [0.4, 0.5) is 0 Å². The first-order chi connectivity index (χ1) is 18.6. The van der Waals surface area contributed by atoms with Gasteiger partial charge in [-0.25, -0.2) is 0 Å². The molecule has 0 aromatic heterocycles. The summed E-state index contributed by atoms with van der Waals surface area (Å²) in [5, 5.41) is 11.0. The van der Waals surface area contributed by atoms with Crippen molar-refractivity contribution in [2.45, 2.75) is 109 Å². The van der Waals surface area contributed by atoms with Gasteiger partial charge in [0.25, 0.3) is 0 Å². The summed E-state index contributed by atoms with van der Waals surface area (Å²) in [6.45, 7) is 15.5. The number of esters is 1. The number of ether oxygens (including phenoxy) is 4. The first kappa shape index (κ1) is 31.5. The third-order valence-corrected chi connectivity index (χ3v) is 13.8. The van der Waals surface area contributed by atoms with Crippen molar-refractivity contribution in [1.29, 1.82) is 0 Å². The maximum Gasteiger partial charge on any atom is 0.303 e. The predicted octanol–water partition coefficient (Wildman–Crippen LogP) is 6.00. The monoisotopic (exact) mass is 558 g/mol. The Hall–Kier alpha value is -2.07. The summed E-state index contributed by atoms with van der Waals surface area (Å²) in [6, 6.07) is 19.6. The molecule has 2 aromatic rings. The van der Waals surface area contributed by atoms with Crippen molar-refractivity contribution in [3.8, 4) is 0 Å². The quantitative estimate of drug-likeness (QED) is 0.239. The van der Waals surface area contributed by atoms with Gasteiger partial charge in [0.1, 0.15) is 18.3 Å². The fourth-order valence-electron chi connectivity index (χ4n) is 6.00. The molecule has 39 heavy (non-hydrogen) atoms. The van der Waals surface area contributed by atoms with E-state index in [1.165, 1.54) is 6.92 Å². The van der Waals surface area contributed by atoms with E-state index in [0.29, 0.717) is 23.2 Å². The fraction of sp³-hybridized carbons (Fsp3) is 0.581. The number of aliphatic hydroxyl groups excluding tert-OH is 1. The second-order valence-electron chi connectivity index (χ2n) is 11.3. The van der Waals surface area contributed by atoms with Crippen LogP contribution in [-0.4, -0.2) is 56.7 Å². The molecule has 0 aliphatic carbocycles. The molecule has 8 heteroatoms. The summed E-state index contributed by atoms with van der Waals surface area (Å²) in [4.78, 5) is 12.0. The predicted molar refractivity (Wildman–Crippen MR) is 153 cm³/mol. The number of carbonyl (C=O) groups excluding carboxylic acids is 1. The minimum atomic E-state index is -2.23. The van der Waals surface area contributed by atoms with Crippen molar-refractivity contribution in [2.75, 3.05) is 6.61 Å². The van der Waals surface area contributed by atoms with Crippen LogP contribution < -0.4 is 0 Å². The van der Waals surface area contributed by atoms with E-state index in [9.17, 15) is 9.90 Å². The molecule has 1 aliphatic heterocycles. The third-order valence-electron chi connectivity index (χ3n) is 7.69. The standard InChI is InChI=1S/C31H46O7Si/c1-21(2)39(22(3)4,23(5)6)36-20-27-28(34-18-25-14-10-8-11-15-25)29(30(31(33)38-27)37-24(7)32)35-19-26-16-12-9-13-17-26/h8-17,21-23,27-31,33H,18-20H2,1-7H3/t27-,28-,29+,30+,31+/m1/s1. The smallest absolute Gasteiger partial charge is 0.303 e. The summed E-state index contributed by atoms with van der Waals surface area (Å²) < 4.78 is 31.3. The third kappa shape index (κ3) is 7.99. The zero-order chi connectivity index (χ0) is 28.6. The van der Waals surface area contributed by atoms with Gasteiger partial charge >= 0.3 is 5.97 Å². The molecule has 216 valence electrons. The topological polar surface area (TPSA) is 83.5 Å². The van der Waals surface area contributed by atoms with Crippen molar-refractivity contribution in [2.24, 2.45) is 0 Å². The molecule has 1 saturated heterocycles. The Bertz CT molecular complexity index is 977. The second-order valence-corrected chi connectivity index (χ2v) is 16.8. The van der Waals surface area contributed by atoms with Gasteiger partial charge in [0.15, 0.2) is 20.7 Å². The Labute approximate surface area is 234 Å². The summed E-state index contributed by atoms with van der Waals surface area (Å²) in [6.07, 6.45) is -4.48. The fourth-order valence-corrected chi connectivity index (χ4v) is 11.5. The number of aliphatic hydroxyl groups is 1. The Balaban J connectivity index is 1.93. The number of hydrogen-bond donors (Lipinski definition) is 1. The highest BCUT2D eigenvalue weighted by atomic mass is 28.4. The van der Waals surface area contributed by atoms with Crippen LogP contribution in [0.25, 0.3) is 0 Å². The van der Waals surface area contributed by atoms with Crippen LogP contribution in [0.3, 0.4) is 0 Å². The molecule has 3 rings (SSSR count). The van der Waals surface area contributed by atoms with Gasteiger partial charge in [0, 0.05) is 6.92 Å². The number of carbonyl (C=O) groups is 1.